The highest BCUT2D eigenvalue weighted by molar-refractivity contribution is 6.24. The molecule has 0 unspecified atom stereocenters. The third kappa shape index (κ3) is 6.21. The van der Waals surface area contributed by atoms with Crippen molar-refractivity contribution in [3.8, 4) is 39.6 Å². The molecule has 0 fully saturated rings. The van der Waals surface area contributed by atoms with E-state index in [9.17, 15) is 0 Å². The van der Waals surface area contributed by atoms with E-state index in [1.165, 1.54) is 0 Å². The van der Waals surface area contributed by atoms with Crippen LogP contribution in [0, 0.1) is 0 Å². The third-order valence-corrected chi connectivity index (χ3v) is 12.0. The molecule has 0 amide bonds. The number of aromatic nitrogens is 2. The predicted molar refractivity (Wildman–Crippen MR) is 264 cm³/mol. The lowest BCUT2D eigenvalue weighted by Crippen LogP contribution is -2.24. The Bertz CT molecular complexity index is 4040. The number of rotatable bonds is 7. The van der Waals surface area contributed by atoms with Gasteiger partial charge in [-0.3, -0.25) is 4.57 Å². The molecule has 6 nitrogen and oxygen atoms in total. The standard InChI is InChI=1S/C58H44N4O2/c1-58(2,3)40-32-33-59-54(34-40)62-51-31-30-47-46-22-10-13-27-53(46)64-57(47)55(51)48-29-28-43(36-52(48)62)63-42-21-14-20-41(35-42)60-37-61(50-26-12-11-25-49(50)60)56-44(38-16-6-4-7-17-38)23-15-24-45(56)39-18-8-5-9-19-39/h4-36H,37H2,1-3H3/i4D,5D,6D,7D,8D,9D,16D,17D,18D,19D. The Morgan fingerprint density at radius 3 is 2.02 bits per heavy atom. The van der Waals surface area contributed by atoms with Crippen LogP contribution in [0.5, 0.6) is 11.5 Å². The van der Waals surface area contributed by atoms with Crippen molar-refractivity contribution in [1.29, 1.82) is 0 Å². The number of benzene rings is 8. The van der Waals surface area contributed by atoms with E-state index in [1.54, 1.807) is 18.2 Å². The third-order valence-electron chi connectivity index (χ3n) is 12.0. The van der Waals surface area contributed by atoms with Crippen molar-refractivity contribution in [3.63, 3.8) is 0 Å². The Labute approximate surface area is 385 Å². The average molecular weight is 839 g/mol. The summed E-state index contributed by atoms with van der Waals surface area (Å²) < 4.78 is 103. The summed E-state index contributed by atoms with van der Waals surface area (Å²) in [5, 5.41) is 3.99. The lowest BCUT2D eigenvalue weighted by molar-refractivity contribution is 0.483. The molecule has 4 heterocycles. The van der Waals surface area contributed by atoms with Gasteiger partial charge in [0.05, 0.1) is 47.2 Å². The van der Waals surface area contributed by atoms with Gasteiger partial charge in [0.2, 0.25) is 0 Å². The lowest BCUT2D eigenvalue weighted by Gasteiger charge is -2.27. The van der Waals surface area contributed by atoms with E-state index in [-0.39, 0.29) is 40.0 Å². The van der Waals surface area contributed by atoms with Gasteiger partial charge in [-0.25, -0.2) is 4.98 Å². The van der Waals surface area contributed by atoms with Gasteiger partial charge in [0.1, 0.15) is 35.2 Å². The molecule has 0 atom stereocenters. The zero-order chi connectivity index (χ0) is 51.6. The number of furan rings is 1. The summed E-state index contributed by atoms with van der Waals surface area (Å²) in [5.41, 5.74) is 7.08. The molecule has 3 aromatic heterocycles. The molecule has 0 radical (unpaired) electrons. The predicted octanol–water partition coefficient (Wildman–Crippen LogP) is 15.7. The maximum Gasteiger partial charge on any atom is 0.145 e. The van der Waals surface area contributed by atoms with E-state index in [1.807, 2.05) is 101 Å². The summed E-state index contributed by atoms with van der Waals surface area (Å²) in [6, 6.07) is 37.6. The molecule has 1 aliphatic heterocycles. The normalized spacial score (nSPS) is 15.0. The monoisotopic (exact) mass is 838 g/mol. The molecular formula is C58H44N4O2. The fourth-order valence-corrected chi connectivity index (χ4v) is 9.06. The lowest BCUT2D eigenvalue weighted by atomic mass is 9.88. The maximum absolute atomic E-state index is 9.06. The van der Waals surface area contributed by atoms with Crippen LogP contribution in [0.1, 0.15) is 40.0 Å². The van der Waals surface area contributed by atoms with Gasteiger partial charge >= 0.3 is 0 Å². The molecule has 1 aliphatic rings. The summed E-state index contributed by atoms with van der Waals surface area (Å²) in [6.45, 7) is 6.65. The van der Waals surface area contributed by atoms with Crippen LogP contribution >= 0.6 is 0 Å². The number of nitrogens with zero attached hydrogens (tertiary/aromatic N) is 4. The van der Waals surface area contributed by atoms with E-state index in [2.05, 4.69) is 55.7 Å². The molecule has 0 N–H and O–H groups in total. The first-order valence-electron chi connectivity index (χ1n) is 26.1. The second-order valence-electron chi connectivity index (χ2n) is 16.9. The largest absolute Gasteiger partial charge is 0.457 e. The van der Waals surface area contributed by atoms with E-state index < -0.39 is 60.4 Å². The Morgan fingerprint density at radius 2 is 1.27 bits per heavy atom. The minimum atomic E-state index is -0.554. The minimum absolute atomic E-state index is 0.0951. The molecule has 64 heavy (non-hydrogen) atoms. The van der Waals surface area contributed by atoms with Gasteiger partial charge in [-0.1, -0.05) is 136 Å². The first-order valence-corrected chi connectivity index (χ1v) is 21.1. The highest BCUT2D eigenvalue weighted by Gasteiger charge is 2.31. The minimum Gasteiger partial charge on any atom is -0.457 e. The fourth-order valence-electron chi connectivity index (χ4n) is 9.06. The highest BCUT2D eigenvalue weighted by atomic mass is 16.5. The SMILES string of the molecule is [2H]c1c([2H])c([2H])c(-c2cccc(-c3c([2H])c([2H])c([2H])c([2H])c3[2H])c2N2CN(c3cccc(Oc4ccc5c6c7oc8ccccc8c7ccc6n(-c6cc(C(C)(C)C)ccn6)c5c4)c3)c3ccccc32)c([2H])c1[2H]. The molecule has 0 saturated carbocycles. The molecule has 8 aromatic carbocycles. The molecule has 0 aliphatic carbocycles. The fraction of sp³-hybridized carbons (Fsp3) is 0.0862. The molecule has 0 bridgehead atoms. The summed E-state index contributed by atoms with van der Waals surface area (Å²) >= 11 is 0. The van der Waals surface area contributed by atoms with Gasteiger partial charge in [-0.15, -0.1) is 0 Å². The number of hydrogen-bond donors (Lipinski definition) is 0. The summed E-state index contributed by atoms with van der Waals surface area (Å²) in [5.74, 6) is 1.87. The number of fused-ring (bicyclic) bond motifs is 8. The maximum atomic E-state index is 9.06. The van der Waals surface area contributed by atoms with Gasteiger partial charge in [-0.2, -0.15) is 0 Å². The van der Waals surface area contributed by atoms with Crippen LogP contribution in [0.4, 0.5) is 22.7 Å². The Morgan fingerprint density at radius 1 is 0.594 bits per heavy atom. The van der Waals surface area contributed by atoms with Crippen LogP contribution in [0.3, 0.4) is 0 Å². The van der Waals surface area contributed by atoms with Crippen molar-refractivity contribution < 1.29 is 22.9 Å². The van der Waals surface area contributed by atoms with Crippen LogP contribution in [0.2, 0.25) is 0 Å². The van der Waals surface area contributed by atoms with Crippen molar-refractivity contribution in [3.05, 3.63) is 206 Å². The number of para-hydroxylation sites is 4. The zero-order valence-corrected chi connectivity index (χ0v) is 35.1. The first-order chi connectivity index (χ1) is 35.5. The molecular weight excluding hydrogens is 785 g/mol. The van der Waals surface area contributed by atoms with Crippen molar-refractivity contribution >= 4 is 66.5 Å². The highest BCUT2D eigenvalue weighted by Crippen LogP contribution is 2.50. The smallest absolute Gasteiger partial charge is 0.145 e. The van der Waals surface area contributed by atoms with Gasteiger partial charge in [0, 0.05) is 51.3 Å². The van der Waals surface area contributed by atoms with E-state index in [4.69, 9.17) is 27.8 Å². The number of anilines is 4. The van der Waals surface area contributed by atoms with E-state index >= 15 is 0 Å². The van der Waals surface area contributed by atoms with E-state index in [0.717, 1.165) is 66.5 Å². The quantitative estimate of drug-likeness (QED) is 0.160. The molecule has 6 heteroatoms. The van der Waals surface area contributed by atoms with Crippen LogP contribution in [0.25, 0.3) is 71.8 Å². The molecule has 11 aromatic rings. The van der Waals surface area contributed by atoms with Crippen LogP contribution < -0.4 is 14.5 Å². The Kier molecular flexibility index (Phi) is 6.58. The van der Waals surface area contributed by atoms with Crippen molar-refractivity contribution in [2.75, 3.05) is 16.5 Å². The van der Waals surface area contributed by atoms with Crippen LogP contribution in [-0.4, -0.2) is 16.2 Å². The van der Waals surface area contributed by atoms with Crippen LogP contribution in [-0.2, 0) is 5.41 Å². The second-order valence-corrected chi connectivity index (χ2v) is 16.9. The van der Waals surface area contributed by atoms with Gasteiger partial charge in [0.25, 0.3) is 0 Å². The Hall–Kier alpha value is -8.09. The molecule has 308 valence electrons. The van der Waals surface area contributed by atoms with Gasteiger partial charge in [-0.05, 0) is 88.8 Å². The van der Waals surface area contributed by atoms with Gasteiger partial charge < -0.3 is 19.0 Å². The molecule has 12 rings (SSSR count). The molecule has 0 saturated heterocycles. The molecule has 0 spiro atoms. The topological polar surface area (TPSA) is 46.7 Å². The zero-order valence-electron chi connectivity index (χ0n) is 45.1. The number of pyridine rings is 1. The van der Waals surface area contributed by atoms with Crippen LogP contribution in [0.15, 0.2) is 204 Å². The Balaban J connectivity index is 0.987. The second kappa shape index (κ2) is 14.8. The number of ether oxygens (including phenoxy) is 1. The average Bonchev–Trinajstić information content (AvgIpc) is 4.09. The summed E-state index contributed by atoms with van der Waals surface area (Å²) in [6.07, 6.45) is 1.85. The first kappa shape index (κ1) is 28.5. The van der Waals surface area contributed by atoms with Crippen molar-refractivity contribution in [2.45, 2.75) is 26.2 Å². The van der Waals surface area contributed by atoms with Gasteiger partial charge in [0.15, 0.2) is 0 Å². The number of hydrogen-bond acceptors (Lipinski definition) is 5. The summed E-state index contributed by atoms with van der Waals surface area (Å²) in [7, 11) is 0. The van der Waals surface area contributed by atoms with Crippen molar-refractivity contribution in [1.82, 2.24) is 9.55 Å². The summed E-state index contributed by atoms with van der Waals surface area (Å²) in [4.78, 5) is 8.85. The van der Waals surface area contributed by atoms with E-state index in [0.29, 0.717) is 17.2 Å². The van der Waals surface area contributed by atoms with Crippen molar-refractivity contribution in [2.24, 2.45) is 0 Å².